The molecule has 3 aromatic rings. The Morgan fingerprint density at radius 1 is 1.04 bits per heavy atom. The molecule has 1 aliphatic heterocycles. The molecular formula is C19H17F3N4O. The largest absolute Gasteiger partial charge is 0.416 e. The zero-order valence-corrected chi connectivity index (χ0v) is 14.4. The van der Waals surface area contributed by atoms with Crippen LogP contribution in [-0.2, 0) is 17.5 Å². The quantitative estimate of drug-likeness (QED) is 0.702. The second kappa shape index (κ2) is 6.68. The van der Waals surface area contributed by atoms with E-state index in [0.29, 0.717) is 22.4 Å². The van der Waals surface area contributed by atoms with Gasteiger partial charge in [-0.2, -0.15) is 13.2 Å². The van der Waals surface area contributed by atoms with Gasteiger partial charge in [0.2, 0.25) is 5.91 Å². The zero-order chi connectivity index (χ0) is 19.0. The van der Waals surface area contributed by atoms with E-state index in [2.05, 4.69) is 9.97 Å². The zero-order valence-electron chi connectivity index (χ0n) is 14.4. The van der Waals surface area contributed by atoms with Crippen molar-refractivity contribution in [1.82, 2.24) is 19.4 Å². The Kier molecular flexibility index (Phi) is 4.33. The third-order valence-corrected chi connectivity index (χ3v) is 4.74. The van der Waals surface area contributed by atoms with Crippen LogP contribution in [0.15, 0.2) is 42.7 Å². The number of hydrogen-bond donors (Lipinski definition) is 0. The smallest absolute Gasteiger partial charge is 0.341 e. The maximum atomic E-state index is 12.7. The molecule has 1 fully saturated rings. The number of carbonyl (C=O) groups excluding carboxylic acids is 1. The summed E-state index contributed by atoms with van der Waals surface area (Å²) in [5.41, 5.74) is 1.59. The van der Waals surface area contributed by atoms with Crippen LogP contribution in [0, 0.1) is 0 Å². The average Bonchev–Trinajstić information content (AvgIpc) is 3.31. The lowest BCUT2D eigenvalue weighted by atomic mass is 10.1. The van der Waals surface area contributed by atoms with Crippen molar-refractivity contribution < 1.29 is 18.0 Å². The van der Waals surface area contributed by atoms with E-state index in [-0.39, 0.29) is 12.5 Å². The highest BCUT2D eigenvalue weighted by atomic mass is 19.4. The standard InChI is InChI=1S/C19H17F3N4O/c20-19(21,22)14-5-3-13(4-6-14)15-7-8-16-18(24-15)26(12-23-16)11-17(27)25-9-1-2-10-25/h3-8,12H,1-2,9-11H2. The summed E-state index contributed by atoms with van der Waals surface area (Å²) in [7, 11) is 0. The summed E-state index contributed by atoms with van der Waals surface area (Å²) >= 11 is 0. The molecule has 27 heavy (non-hydrogen) atoms. The molecule has 1 aromatic carbocycles. The van der Waals surface area contributed by atoms with Gasteiger partial charge in [0.1, 0.15) is 12.1 Å². The third-order valence-electron chi connectivity index (χ3n) is 4.74. The fourth-order valence-electron chi connectivity index (χ4n) is 3.26. The van der Waals surface area contributed by atoms with E-state index in [4.69, 9.17) is 0 Å². The Labute approximate surface area is 153 Å². The van der Waals surface area contributed by atoms with Gasteiger partial charge in [-0.1, -0.05) is 12.1 Å². The van der Waals surface area contributed by atoms with Crippen molar-refractivity contribution in [2.24, 2.45) is 0 Å². The number of benzene rings is 1. The van der Waals surface area contributed by atoms with Crippen molar-refractivity contribution in [3.8, 4) is 11.3 Å². The number of nitrogens with zero attached hydrogens (tertiary/aromatic N) is 4. The number of hydrogen-bond acceptors (Lipinski definition) is 3. The summed E-state index contributed by atoms with van der Waals surface area (Å²) in [6, 6.07) is 8.34. The van der Waals surface area contributed by atoms with Gasteiger partial charge in [-0.3, -0.25) is 4.79 Å². The SMILES string of the molecule is O=C(Cn1cnc2ccc(-c3ccc(C(F)(F)F)cc3)nc21)N1CCCC1. The van der Waals surface area contributed by atoms with Crippen LogP contribution in [-0.4, -0.2) is 38.4 Å². The summed E-state index contributed by atoms with van der Waals surface area (Å²) in [5, 5.41) is 0. The molecule has 0 saturated carbocycles. The van der Waals surface area contributed by atoms with Crippen LogP contribution in [0.1, 0.15) is 18.4 Å². The van der Waals surface area contributed by atoms with Crippen molar-refractivity contribution in [1.29, 1.82) is 0 Å². The molecule has 0 radical (unpaired) electrons. The molecule has 0 atom stereocenters. The van der Waals surface area contributed by atoms with E-state index in [9.17, 15) is 18.0 Å². The molecular weight excluding hydrogens is 357 g/mol. The van der Waals surface area contributed by atoms with Gasteiger partial charge < -0.3 is 9.47 Å². The highest BCUT2D eigenvalue weighted by molar-refractivity contribution is 5.80. The van der Waals surface area contributed by atoms with Crippen molar-refractivity contribution in [2.45, 2.75) is 25.6 Å². The minimum absolute atomic E-state index is 0.0218. The summed E-state index contributed by atoms with van der Waals surface area (Å²) in [6.45, 7) is 1.70. The molecule has 0 aliphatic carbocycles. The minimum Gasteiger partial charge on any atom is -0.341 e. The highest BCUT2D eigenvalue weighted by Gasteiger charge is 2.30. The lowest BCUT2D eigenvalue weighted by Gasteiger charge is -2.15. The number of likely N-dealkylation sites (tertiary alicyclic amines) is 1. The fraction of sp³-hybridized carbons (Fsp3) is 0.316. The molecule has 1 aliphatic rings. The molecule has 4 rings (SSSR count). The van der Waals surface area contributed by atoms with E-state index >= 15 is 0 Å². The number of pyridine rings is 1. The molecule has 0 unspecified atom stereocenters. The molecule has 0 bridgehead atoms. The van der Waals surface area contributed by atoms with Crippen LogP contribution >= 0.6 is 0 Å². The predicted molar refractivity (Wildman–Crippen MR) is 93.8 cm³/mol. The molecule has 1 saturated heterocycles. The number of aromatic nitrogens is 3. The van der Waals surface area contributed by atoms with Crippen molar-refractivity contribution in [2.75, 3.05) is 13.1 Å². The summed E-state index contributed by atoms with van der Waals surface area (Å²) in [4.78, 5) is 23.0. The molecule has 5 nitrogen and oxygen atoms in total. The van der Waals surface area contributed by atoms with Crippen LogP contribution in [0.25, 0.3) is 22.4 Å². The van der Waals surface area contributed by atoms with Crippen LogP contribution in [0.5, 0.6) is 0 Å². The number of amides is 1. The maximum Gasteiger partial charge on any atom is 0.416 e. The Balaban J connectivity index is 1.62. The predicted octanol–water partition coefficient (Wildman–Crippen LogP) is 3.74. The number of imidazole rings is 1. The first-order valence-corrected chi connectivity index (χ1v) is 8.69. The maximum absolute atomic E-state index is 12.7. The van der Waals surface area contributed by atoms with E-state index < -0.39 is 11.7 Å². The highest BCUT2D eigenvalue weighted by Crippen LogP contribution is 2.31. The van der Waals surface area contributed by atoms with Gasteiger partial charge in [0.05, 0.1) is 17.6 Å². The average molecular weight is 374 g/mol. The summed E-state index contributed by atoms with van der Waals surface area (Å²) in [5.74, 6) is 0.0218. The monoisotopic (exact) mass is 374 g/mol. The van der Waals surface area contributed by atoms with E-state index in [1.54, 1.807) is 23.0 Å². The number of rotatable bonds is 3. The van der Waals surface area contributed by atoms with Crippen LogP contribution in [0.4, 0.5) is 13.2 Å². The first kappa shape index (κ1) is 17.5. The van der Waals surface area contributed by atoms with Gasteiger partial charge in [0.15, 0.2) is 5.65 Å². The van der Waals surface area contributed by atoms with E-state index in [1.165, 1.54) is 12.1 Å². The second-order valence-electron chi connectivity index (χ2n) is 6.57. The van der Waals surface area contributed by atoms with E-state index in [1.807, 2.05) is 4.90 Å². The molecule has 140 valence electrons. The Bertz CT molecular complexity index is 973. The third kappa shape index (κ3) is 3.51. The molecule has 3 heterocycles. The molecule has 2 aromatic heterocycles. The fourth-order valence-corrected chi connectivity index (χ4v) is 3.26. The molecule has 8 heteroatoms. The Hall–Kier alpha value is -2.90. The number of carbonyl (C=O) groups is 1. The van der Waals surface area contributed by atoms with Crippen LogP contribution < -0.4 is 0 Å². The number of halogens is 3. The van der Waals surface area contributed by atoms with Crippen molar-refractivity contribution in [3.05, 3.63) is 48.3 Å². The van der Waals surface area contributed by atoms with E-state index in [0.717, 1.165) is 38.1 Å². The first-order chi connectivity index (χ1) is 12.9. The molecule has 0 N–H and O–H groups in total. The van der Waals surface area contributed by atoms with Gasteiger partial charge >= 0.3 is 6.18 Å². The van der Waals surface area contributed by atoms with Crippen LogP contribution in [0.3, 0.4) is 0 Å². The summed E-state index contributed by atoms with van der Waals surface area (Å²) < 4.78 is 39.9. The molecule has 1 amide bonds. The van der Waals surface area contributed by atoms with Crippen molar-refractivity contribution >= 4 is 17.1 Å². The first-order valence-electron chi connectivity index (χ1n) is 8.69. The second-order valence-corrected chi connectivity index (χ2v) is 6.57. The van der Waals surface area contributed by atoms with Gasteiger partial charge in [-0.05, 0) is 37.1 Å². The van der Waals surface area contributed by atoms with Gasteiger partial charge in [0.25, 0.3) is 0 Å². The lowest BCUT2D eigenvalue weighted by molar-refractivity contribution is -0.137. The van der Waals surface area contributed by atoms with Gasteiger partial charge in [0, 0.05) is 18.7 Å². The topological polar surface area (TPSA) is 51.0 Å². The Morgan fingerprint density at radius 3 is 2.41 bits per heavy atom. The number of fused-ring (bicyclic) bond motifs is 1. The Morgan fingerprint density at radius 2 is 1.74 bits per heavy atom. The summed E-state index contributed by atoms with van der Waals surface area (Å²) in [6.07, 6.45) is -0.758. The van der Waals surface area contributed by atoms with Crippen molar-refractivity contribution in [3.63, 3.8) is 0 Å². The number of alkyl halides is 3. The lowest BCUT2D eigenvalue weighted by Crippen LogP contribution is -2.30. The molecule has 0 spiro atoms. The van der Waals surface area contributed by atoms with Gasteiger partial charge in [-0.25, -0.2) is 9.97 Å². The van der Waals surface area contributed by atoms with Gasteiger partial charge in [-0.15, -0.1) is 0 Å². The minimum atomic E-state index is -4.37. The normalized spacial score (nSPS) is 14.9. The van der Waals surface area contributed by atoms with Crippen LogP contribution in [0.2, 0.25) is 0 Å².